The second kappa shape index (κ2) is 9.23. The summed E-state index contributed by atoms with van der Waals surface area (Å²) in [6, 6.07) is 17.8. The van der Waals surface area contributed by atoms with Crippen LogP contribution in [0.4, 0.5) is 0 Å². The number of carbonyl (C=O) groups excluding carboxylic acids is 1. The molecule has 4 nitrogen and oxygen atoms in total. The zero-order valence-corrected chi connectivity index (χ0v) is 15.0. The van der Waals surface area contributed by atoms with Crippen molar-refractivity contribution >= 4 is 5.91 Å². The first-order valence-electron chi connectivity index (χ1n) is 8.62. The number of ether oxygens (including phenoxy) is 1. The molecule has 2 aromatic rings. The van der Waals surface area contributed by atoms with Gasteiger partial charge in [0, 0.05) is 12.0 Å². The van der Waals surface area contributed by atoms with Gasteiger partial charge in [-0.3, -0.25) is 4.79 Å². The first kappa shape index (κ1) is 19.0. The molecule has 4 heteroatoms. The smallest absolute Gasteiger partial charge is 0.223 e. The molecule has 0 bridgehead atoms. The average molecular weight is 341 g/mol. The largest absolute Gasteiger partial charge is 0.493 e. The maximum Gasteiger partial charge on any atom is 0.223 e. The highest BCUT2D eigenvalue weighted by Crippen LogP contribution is 2.21. The Balaban J connectivity index is 1.75. The summed E-state index contributed by atoms with van der Waals surface area (Å²) in [5.41, 5.74) is 1.90. The third kappa shape index (κ3) is 6.59. The predicted octanol–water partition coefficient (Wildman–Crippen LogP) is 3.12. The van der Waals surface area contributed by atoms with Crippen molar-refractivity contribution in [1.82, 2.24) is 5.32 Å². The molecule has 2 aromatic carbocycles. The van der Waals surface area contributed by atoms with Crippen LogP contribution >= 0.6 is 0 Å². The number of nitrogens with one attached hydrogen (secondary N) is 1. The van der Waals surface area contributed by atoms with Gasteiger partial charge in [0.15, 0.2) is 0 Å². The van der Waals surface area contributed by atoms with E-state index in [1.54, 1.807) is 0 Å². The molecule has 25 heavy (non-hydrogen) atoms. The molecule has 0 fully saturated rings. The van der Waals surface area contributed by atoms with Crippen molar-refractivity contribution in [1.29, 1.82) is 0 Å². The maximum atomic E-state index is 12.0. The van der Waals surface area contributed by atoms with E-state index in [4.69, 9.17) is 4.74 Å². The van der Waals surface area contributed by atoms with Crippen LogP contribution in [0.15, 0.2) is 54.6 Å². The number of aliphatic hydroxyl groups excluding tert-OH is 1. The van der Waals surface area contributed by atoms with Gasteiger partial charge in [-0.2, -0.15) is 0 Å². The molecule has 0 unspecified atom stereocenters. The average Bonchev–Trinajstić information content (AvgIpc) is 2.61. The molecule has 0 aliphatic rings. The van der Waals surface area contributed by atoms with Gasteiger partial charge in [-0.25, -0.2) is 0 Å². The number of aryl methyl sites for hydroxylation is 1. The normalized spacial score (nSPS) is 13.1. The van der Waals surface area contributed by atoms with Crippen LogP contribution in [0.2, 0.25) is 0 Å². The van der Waals surface area contributed by atoms with Gasteiger partial charge in [0.25, 0.3) is 0 Å². The molecule has 0 saturated heterocycles. The summed E-state index contributed by atoms with van der Waals surface area (Å²) in [7, 11) is 0. The van der Waals surface area contributed by atoms with Crippen molar-refractivity contribution in [2.75, 3.05) is 19.8 Å². The Labute approximate surface area is 149 Å². The fourth-order valence-corrected chi connectivity index (χ4v) is 2.63. The Hall–Kier alpha value is -2.33. The molecule has 134 valence electrons. The zero-order valence-electron chi connectivity index (χ0n) is 15.0. The van der Waals surface area contributed by atoms with E-state index in [2.05, 4.69) is 5.32 Å². The fraction of sp³-hybridized carbons (Fsp3) is 0.381. The number of hydrogen-bond donors (Lipinski definition) is 2. The molecular weight excluding hydrogens is 314 g/mol. The van der Waals surface area contributed by atoms with Crippen LogP contribution in [0.3, 0.4) is 0 Å². The Morgan fingerprint density at radius 3 is 2.60 bits per heavy atom. The lowest BCUT2D eigenvalue weighted by molar-refractivity contribution is -0.122. The zero-order chi connectivity index (χ0) is 18.1. The van der Waals surface area contributed by atoms with Crippen LogP contribution in [0.5, 0.6) is 5.75 Å². The van der Waals surface area contributed by atoms with Crippen LogP contribution in [0.25, 0.3) is 0 Å². The lowest BCUT2D eigenvalue weighted by atomic mass is 9.84. The minimum absolute atomic E-state index is 0.0158. The first-order valence-corrected chi connectivity index (χ1v) is 8.62. The van der Waals surface area contributed by atoms with Crippen molar-refractivity contribution in [2.24, 2.45) is 5.41 Å². The topological polar surface area (TPSA) is 58.6 Å². The summed E-state index contributed by atoms with van der Waals surface area (Å²) >= 11 is 0. The maximum absolute atomic E-state index is 12.0. The molecule has 2 rings (SSSR count). The Morgan fingerprint density at radius 1 is 1.16 bits per heavy atom. The summed E-state index contributed by atoms with van der Waals surface area (Å²) in [5.74, 6) is 0.706. The summed E-state index contributed by atoms with van der Waals surface area (Å²) in [6.07, 6.45) is 1.01. The molecule has 2 N–H and O–H groups in total. The van der Waals surface area contributed by atoms with Crippen molar-refractivity contribution in [2.45, 2.75) is 26.7 Å². The molecule has 0 heterocycles. The Morgan fingerprint density at radius 2 is 1.92 bits per heavy atom. The second-order valence-corrected chi connectivity index (χ2v) is 6.82. The summed E-state index contributed by atoms with van der Waals surface area (Å²) < 4.78 is 5.60. The van der Waals surface area contributed by atoms with Crippen molar-refractivity contribution in [3.05, 3.63) is 65.7 Å². The van der Waals surface area contributed by atoms with E-state index in [1.165, 1.54) is 0 Å². The van der Waals surface area contributed by atoms with Gasteiger partial charge in [0.05, 0.1) is 19.6 Å². The van der Waals surface area contributed by atoms with Crippen LogP contribution in [0, 0.1) is 12.3 Å². The highest BCUT2D eigenvalue weighted by atomic mass is 16.5. The molecule has 0 aromatic heterocycles. The van der Waals surface area contributed by atoms with E-state index >= 15 is 0 Å². The van der Waals surface area contributed by atoms with E-state index in [0.29, 0.717) is 26.0 Å². The summed E-state index contributed by atoms with van der Waals surface area (Å²) in [6.45, 7) is 4.76. The molecule has 0 spiro atoms. The monoisotopic (exact) mass is 341 g/mol. The molecule has 1 atom stereocenters. The molecular formula is C21H27NO3. The van der Waals surface area contributed by atoms with E-state index in [9.17, 15) is 9.90 Å². The van der Waals surface area contributed by atoms with Crippen LogP contribution < -0.4 is 10.1 Å². The van der Waals surface area contributed by atoms with Gasteiger partial charge in [0.1, 0.15) is 5.75 Å². The number of hydrogen-bond acceptors (Lipinski definition) is 3. The summed E-state index contributed by atoms with van der Waals surface area (Å²) in [4.78, 5) is 12.0. The van der Waals surface area contributed by atoms with Gasteiger partial charge in [-0.1, -0.05) is 49.4 Å². The molecule has 1 amide bonds. The van der Waals surface area contributed by atoms with E-state index in [-0.39, 0.29) is 17.9 Å². The summed E-state index contributed by atoms with van der Waals surface area (Å²) in [5, 5.41) is 12.6. The third-order valence-electron chi connectivity index (χ3n) is 4.16. The standard InChI is InChI=1S/C21H27NO3/c1-17-7-6-10-19(13-17)25-12-11-20(24)22-15-21(2,16-23)14-18-8-4-3-5-9-18/h3-10,13,23H,11-12,14-16H2,1-2H3,(H,22,24)/t21-/m0/s1. The van der Waals surface area contributed by atoms with Crippen LogP contribution in [0.1, 0.15) is 24.5 Å². The Kier molecular flexibility index (Phi) is 7.02. The van der Waals surface area contributed by atoms with E-state index in [0.717, 1.165) is 16.9 Å². The predicted molar refractivity (Wildman–Crippen MR) is 99.6 cm³/mol. The van der Waals surface area contributed by atoms with Gasteiger partial charge in [-0.05, 0) is 36.6 Å². The minimum Gasteiger partial charge on any atom is -0.493 e. The quantitative estimate of drug-likeness (QED) is 0.737. The highest BCUT2D eigenvalue weighted by Gasteiger charge is 2.24. The number of carbonyl (C=O) groups is 1. The molecule has 0 saturated carbocycles. The Bertz CT molecular complexity index is 672. The van der Waals surface area contributed by atoms with Crippen molar-refractivity contribution in [3.63, 3.8) is 0 Å². The molecule has 0 aliphatic heterocycles. The van der Waals surface area contributed by atoms with Crippen LogP contribution in [-0.2, 0) is 11.2 Å². The van der Waals surface area contributed by atoms with Crippen LogP contribution in [-0.4, -0.2) is 30.8 Å². The van der Waals surface area contributed by atoms with E-state index in [1.807, 2.05) is 68.4 Å². The molecule has 0 radical (unpaired) electrons. The van der Waals surface area contributed by atoms with E-state index < -0.39 is 0 Å². The van der Waals surface area contributed by atoms with Gasteiger partial charge in [-0.15, -0.1) is 0 Å². The van der Waals surface area contributed by atoms with Gasteiger partial charge < -0.3 is 15.2 Å². The highest BCUT2D eigenvalue weighted by molar-refractivity contribution is 5.76. The third-order valence-corrected chi connectivity index (χ3v) is 4.16. The molecule has 0 aliphatic carbocycles. The number of aliphatic hydroxyl groups is 1. The van der Waals surface area contributed by atoms with Crippen molar-refractivity contribution < 1.29 is 14.6 Å². The lowest BCUT2D eigenvalue weighted by Crippen LogP contribution is -2.39. The van der Waals surface area contributed by atoms with Gasteiger partial charge >= 0.3 is 0 Å². The number of rotatable bonds is 9. The SMILES string of the molecule is Cc1cccc(OCCC(=O)NC[C@@](C)(CO)Cc2ccccc2)c1. The number of benzene rings is 2. The fourth-order valence-electron chi connectivity index (χ4n) is 2.63. The number of amides is 1. The minimum atomic E-state index is -0.381. The van der Waals surface area contributed by atoms with Gasteiger partial charge in [0.2, 0.25) is 5.91 Å². The first-order chi connectivity index (χ1) is 12.0. The lowest BCUT2D eigenvalue weighted by Gasteiger charge is -2.27. The van der Waals surface area contributed by atoms with Crippen molar-refractivity contribution in [3.8, 4) is 5.75 Å². The second-order valence-electron chi connectivity index (χ2n) is 6.82.